The lowest BCUT2D eigenvalue weighted by Gasteiger charge is -2.14. The van der Waals surface area contributed by atoms with E-state index in [0.717, 1.165) is 27.9 Å². The van der Waals surface area contributed by atoms with Crippen LogP contribution in [0.1, 0.15) is 0 Å². The Kier molecular flexibility index (Phi) is 7.85. The lowest BCUT2D eigenvalue weighted by molar-refractivity contribution is 1.18. The van der Waals surface area contributed by atoms with Crippen LogP contribution in [0.3, 0.4) is 0 Å². The molecule has 0 spiro atoms. The van der Waals surface area contributed by atoms with E-state index in [4.69, 9.17) is 4.98 Å². The van der Waals surface area contributed by atoms with Gasteiger partial charge in [-0.15, -0.1) is 11.3 Å². The Morgan fingerprint density at radius 1 is 0.369 bits per heavy atom. The molecule has 0 saturated carbocycles. The van der Waals surface area contributed by atoms with Crippen molar-refractivity contribution in [3.05, 3.63) is 224 Å². The summed E-state index contributed by atoms with van der Waals surface area (Å²) in [4.78, 5) is 5.26. The van der Waals surface area contributed by atoms with Crippen molar-refractivity contribution in [1.29, 1.82) is 0 Å². The third kappa shape index (κ3) is 5.51. The van der Waals surface area contributed by atoms with Crippen molar-refractivity contribution in [3.8, 4) is 50.3 Å². The molecule has 14 aromatic rings. The van der Waals surface area contributed by atoms with E-state index >= 15 is 0 Å². The zero-order chi connectivity index (χ0) is 42.6. The topological polar surface area (TPSA) is 22.2 Å². The number of para-hydroxylation sites is 4. The monoisotopic (exact) mass is 843 g/mol. The summed E-state index contributed by atoms with van der Waals surface area (Å²) in [5.41, 5.74) is 16.3. The van der Waals surface area contributed by atoms with Crippen molar-refractivity contribution in [2.45, 2.75) is 0 Å². The molecule has 3 nitrogen and oxygen atoms in total. The first-order valence-electron chi connectivity index (χ1n) is 22.2. The van der Waals surface area contributed by atoms with Gasteiger partial charge in [-0.3, -0.25) is 4.40 Å². The van der Waals surface area contributed by atoms with E-state index in [9.17, 15) is 0 Å². The first kappa shape index (κ1) is 36.2. The number of fused-ring (bicyclic) bond motifs is 13. The quantitative estimate of drug-likeness (QED) is 0.169. The Labute approximate surface area is 378 Å². The maximum absolute atomic E-state index is 5.26. The van der Waals surface area contributed by atoms with Gasteiger partial charge >= 0.3 is 0 Å². The minimum Gasteiger partial charge on any atom is -0.309 e. The number of pyridine rings is 1. The zero-order valence-corrected chi connectivity index (χ0v) is 35.9. The molecule has 0 fully saturated rings. The van der Waals surface area contributed by atoms with Crippen LogP contribution in [-0.2, 0) is 0 Å². The molecule has 0 aliphatic heterocycles. The van der Waals surface area contributed by atoms with E-state index in [0.29, 0.717) is 0 Å². The molecule has 0 aliphatic rings. The number of hydrogen-bond donors (Lipinski definition) is 0. The van der Waals surface area contributed by atoms with E-state index in [1.807, 2.05) is 11.3 Å². The van der Waals surface area contributed by atoms with Crippen molar-refractivity contribution in [1.82, 2.24) is 14.0 Å². The molecule has 0 atom stereocenters. The van der Waals surface area contributed by atoms with Crippen LogP contribution < -0.4 is 0 Å². The number of rotatable bonds is 5. The average Bonchev–Trinajstić information content (AvgIpc) is 4.06. The molecule has 0 unspecified atom stereocenters. The second kappa shape index (κ2) is 14.1. The maximum atomic E-state index is 5.26. The van der Waals surface area contributed by atoms with E-state index < -0.39 is 0 Å². The minimum atomic E-state index is 1.01. The standard InChI is InChI=1S/C61H37N3S/c1-2-13-44(14-3-1)63-54-20-10-8-18-50(54)51-32-30-43(36-57(51)63)38-22-24-40(25-23-38)45-33-34-46(49-17-7-6-16-48(45)49)41-26-28-42(29-27-41)56-37-52-59-47-15-5-4-12-39(47)31-35-58(59)65-60(52)61-62-53-19-9-11-21-55(53)64(56)61/h1-37H. The predicted octanol–water partition coefficient (Wildman–Crippen LogP) is 16.9. The fourth-order valence-corrected chi connectivity index (χ4v) is 11.7. The summed E-state index contributed by atoms with van der Waals surface area (Å²) >= 11 is 1.84. The van der Waals surface area contributed by atoms with Gasteiger partial charge in [-0.1, -0.05) is 176 Å². The molecular weight excluding hydrogens is 807 g/mol. The Morgan fingerprint density at radius 3 is 1.71 bits per heavy atom. The number of imidazole rings is 1. The molecule has 4 heterocycles. The van der Waals surface area contributed by atoms with E-state index in [1.54, 1.807) is 0 Å². The van der Waals surface area contributed by atoms with Crippen molar-refractivity contribution >= 4 is 91.5 Å². The second-order valence-corrected chi connectivity index (χ2v) is 18.1. The fraction of sp³-hybridized carbons (Fsp3) is 0. The molecule has 0 bridgehead atoms. The van der Waals surface area contributed by atoms with Crippen LogP contribution in [0.2, 0.25) is 0 Å². The highest BCUT2D eigenvalue weighted by Crippen LogP contribution is 2.44. The first-order valence-corrected chi connectivity index (χ1v) is 23.0. The summed E-state index contributed by atoms with van der Waals surface area (Å²) < 4.78 is 7.26. The van der Waals surface area contributed by atoms with Crippen LogP contribution in [0, 0.1) is 0 Å². The van der Waals surface area contributed by atoms with Gasteiger partial charge in [0.2, 0.25) is 0 Å². The van der Waals surface area contributed by atoms with Gasteiger partial charge in [0.25, 0.3) is 0 Å². The van der Waals surface area contributed by atoms with Crippen LogP contribution in [-0.4, -0.2) is 14.0 Å². The third-order valence-electron chi connectivity index (χ3n) is 13.5. The molecule has 10 aromatic carbocycles. The minimum absolute atomic E-state index is 1.01. The molecule has 0 amide bonds. The fourth-order valence-electron chi connectivity index (χ4n) is 10.5. The Morgan fingerprint density at radius 2 is 0.954 bits per heavy atom. The molecule has 4 aromatic heterocycles. The van der Waals surface area contributed by atoms with Crippen LogP contribution in [0.25, 0.3) is 131 Å². The van der Waals surface area contributed by atoms with Gasteiger partial charge in [-0.25, -0.2) is 4.98 Å². The summed E-state index contributed by atoms with van der Waals surface area (Å²) in [6.07, 6.45) is 0. The van der Waals surface area contributed by atoms with Gasteiger partial charge in [0.05, 0.1) is 32.5 Å². The van der Waals surface area contributed by atoms with E-state index in [-0.39, 0.29) is 0 Å². The second-order valence-electron chi connectivity index (χ2n) is 17.1. The lowest BCUT2D eigenvalue weighted by Crippen LogP contribution is -1.93. The van der Waals surface area contributed by atoms with Crippen molar-refractivity contribution in [2.24, 2.45) is 0 Å². The highest BCUT2D eigenvalue weighted by molar-refractivity contribution is 7.26. The van der Waals surface area contributed by atoms with Gasteiger partial charge in [-0.05, 0) is 109 Å². The largest absolute Gasteiger partial charge is 0.309 e. The molecule has 0 radical (unpaired) electrons. The van der Waals surface area contributed by atoms with Gasteiger partial charge in [0.1, 0.15) is 0 Å². The molecule has 65 heavy (non-hydrogen) atoms. The van der Waals surface area contributed by atoms with Gasteiger partial charge in [0.15, 0.2) is 5.65 Å². The van der Waals surface area contributed by atoms with Crippen LogP contribution in [0.15, 0.2) is 224 Å². The molecule has 14 rings (SSSR count). The lowest BCUT2D eigenvalue weighted by atomic mass is 9.91. The maximum Gasteiger partial charge on any atom is 0.156 e. The van der Waals surface area contributed by atoms with Crippen molar-refractivity contribution in [2.75, 3.05) is 0 Å². The summed E-state index contributed by atoms with van der Waals surface area (Å²) in [5, 5.41) is 10.1. The molecule has 4 heteroatoms. The van der Waals surface area contributed by atoms with Gasteiger partial charge in [-0.2, -0.15) is 0 Å². The summed E-state index contributed by atoms with van der Waals surface area (Å²) in [6.45, 7) is 0. The SMILES string of the molecule is c1ccc(-n2c3ccccc3c3ccc(-c4ccc(-c5ccc(-c6ccc(-c7cc8c(sc9ccc%10ccccc%10c98)c8nc9ccccc9n78)cc6)c6ccccc56)cc4)cc32)cc1. The Hall–Kier alpha value is -8.31. The Bertz CT molecular complexity index is 4210. The van der Waals surface area contributed by atoms with Crippen LogP contribution >= 0.6 is 11.3 Å². The molecule has 0 aliphatic carbocycles. The number of hydrogen-bond acceptors (Lipinski definition) is 2. The average molecular weight is 844 g/mol. The highest BCUT2D eigenvalue weighted by atomic mass is 32.1. The predicted molar refractivity (Wildman–Crippen MR) is 277 cm³/mol. The van der Waals surface area contributed by atoms with Gasteiger partial charge in [0, 0.05) is 31.9 Å². The van der Waals surface area contributed by atoms with Crippen LogP contribution in [0.4, 0.5) is 0 Å². The summed E-state index contributed by atoms with van der Waals surface area (Å²) in [5.74, 6) is 0. The molecule has 0 N–H and O–H groups in total. The number of aromatic nitrogens is 3. The summed E-state index contributed by atoms with van der Waals surface area (Å²) in [6, 6.07) is 82.1. The van der Waals surface area contributed by atoms with Crippen LogP contribution in [0.5, 0.6) is 0 Å². The number of thiophene rings is 1. The van der Waals surface area contributed by atoms with E-state index in [2.05, 4.69) is 233 Å². The Balaban J connectivity index is 0.846. The van der Waals surface area contributed by atoms with Crippen molar-refractivity contribution in [3.63, 3.8) is 0 Å². The summed E-state index contributed by atoms with van der Waals surface area (Å²) in [7, 11) is 0. The first-order chi connectivity index (χ1) is 32.2. The normalized spacial score (nSPS) is 12.0. The third-order valence-corrected chi connectivity index (χ3v) is 14.7. The smallest absolute Gasteiger partial charge is 0.156 e. The molecular formula is C61H37N3S. The van der Waals surface area contributed by atoms with Crippen molar-refractivity contribution < 1.29 is 0 Å². The molecule has 0 saturated heterocycles. The van der Waals surface area contributed by atoms with Gasteiger partial charge < -0.3 is 4.57 Å². The number of nitrogens with zero attached hydrogens (tertiary/aromatic N) is 3. The highest BCUT2D eigenvalue weighted by Gasteiger charge is 2.20. The van der Waals surface area contributed by atoms with E-state index in [1.165, 1.54) is 103 Å². The zero-order valence-electron chi connectivity index (χ0n) is 35.1. The molecule has 302 valence electrons. The number of benzene rings is 10.